The molecule has 2 rings (SSSR count). The molecule has 0 atom stereocenters. The van der Waals surface area contributed by atoms with Crippen LogP contribution in [0, 0.1) is 11.8 Å². The SMILES string of the molecule is Cc1cc(N=O)c2c(c1)OCC(=O)N2. The summed E-state index contributed by atoms with van der Waals surface area (Å²) in [5.74, 6) is 0.227. The Morgan fingerprint density at radius 1 is 1.50 bits per heavy atom. The molecule has 1 aliphatic rings. The molecule has 1 N–H and O–H groups in total. The molecule has 0 aliphatic carbocycles. The number of nitrogens with zero attached hydrogens (tertiary/aromatic N) is 1. The van der Waals surface area contributed by atoms with Crippen LogP contribution < -0.4 is 10.1 Å². The lowest BCUT2D eigenvalue weighted by Gasteiger charge is -2.18. The first-order valence-electron chi connectivity index (χ1n) is 4.11. The van der Waals surface area contributed by atoms with Gasteiger partial charge in [0.25, 0.3) is 5.91 Å². The predicted octanol–water partition coefficient (Wildman–Crippen LogP) is 1.72. The summed E-state index contributed by atoms with van der Waals surface area (Å²) < 4.78 is 5.15. The summed E-state index contributed by atoms with van der Waals surface area (Å²) in [5.41, 5.74) is 1.43. The first-order chi connectivity index (χ1) is 6.70. The van der Waals surface area contributed by atoms with E-state index in [4.69, 9.17) is 4.74 Å². The standard InChI is InChI=1S/C9H8N2O3/c1-5-2-6(11-13)9-7(3-5)14-4-8(12)10-9/h2-3H,4H2,1H3,(H,10,12). The highest BCUT2D eigenvalue weighted by Gasteiger charge is 2.20. The fourth-order valence-corrected chi connectivity index (χ4v) is 1.36. The predicted molar refractivity (Wildman–Crippen MR) is 50.8 cm³/mol. The van der Waals surface area contributed by atoms with Crippen LogP contribution in [0.25, 0.3) is 0 Å². The zero-order chi connectivity index (χ0) is 10.1. The fraction of sp³-hybridized carbons (Fsp3) is 0.222. The Morgan fingerprint density at radius 2 is 2.29 bits per heavy atom. The number of aryl methyl sites for hydroxylation is 1. The second kappa shape index (κ2) is 3.10. The molecule has 1 heterocycles. The van der Waals surface area contributed by atoms with Crippen LogP contribution in [0.3, 0.4) is 0 Å². The fourth-order valence-electron chi connectivity index (χ4n) is 1.36. The average molecular weight is 192 g/mol. The smallest absolute Gasteiger partial charge is 0.262 e. The molecule has 1 aromatic carbocycles. The number of rotatable bonds is 1. The van der Waals surface area contributed by atoms with Gasteiger partial charge >= 0.3 is 0 Å². The van der Waals surface area contributed by atoms with Gasteiger partial charge in [0.2, 0.25) is 0 Å². The number of carbonyl (C=O) groups excluding carboxylic acids is 1. The number of benzene rings is 1. The van der Waals surface area contributed by atoms with Gasteiger partial charge in [0.1, 0.15) is 17.1 Å². The molecule has 0 aromatic heterocycles. The van der Waals surface area contributed by atoms with Crippen molar-refractivity contribution in [1.82, 2.24) is 0 Å². The number of ether oxygens (including phenoxy) is 1. The molecule has 0 saturated heterocycles. The van der Waals surface area contributed by atoms with Crippen molar-refractivity contribution in [2.45, 2.75) is 6.92 Å². The average Bonchev–Trinajstić information content (AvgIpc) is 2.17. The van der Waals surface area contributed by atoms with Gasteiger partial charge in [0.05, 0.1) is 0 Å². The van der Waals surface area contributed by atoms with Gasteiger partial charge in [-0.1, -0.05) is 0 Å². The number of carbonyl (C=O) groups is 1. The van der Waals surface area contributed by atoms with Gasteiger partial charge in [-0.2, -0.15) is 0 Å². The van der Waals surface area contributed by atoms with E-state index in [0.717, 1.165) is 5.56 Å². The molecule has 5 heteroatoms. The van der Waals surface area contributed by atoms with E-state index in [1.54, 1.807) is 12.1 Å². The molecule has 14 heavy (non-hydrogen) atoms. The van der Waals surface area contributed by atoms with E-state index in [1.165, 1.54) is 0 Å². The third-order valence-corrected chi connectivity index (χ3v) is 1.95. The van der Waals surface area contributed by atoms with Crippen LogP contribution in [-0.4, -0.2) is 12.5 Å². The third-order valence-electron chi connectivity index (χ3n) is 1.95. The van der Waals surface area contributed by atoms with Crippen LogP contribution in [0.15, 0.2) is 17.3 Å². The Kier molecular flexibility index (Phi) is 1.92. The molecule has 1 amide bonds. The molecule has 5 nitrogen and oxygen atoms in total. The zero-order valence-corrected chi connectivity index (χ0v) is 7.53. The number of hydrogen-bond donors (Lipinski definition) is 1. The van der Waals surface area contributed by atoms with Crippen LogP contribution in [0.1, 0.15) is 5.56 Å². The van der Waals surface area contributed by atoms with E-state index in [2.05, 4.69) is 10.5 Å². The monoisotopic (exact) mass is 192 g/mol. The largest absolute Gasteiger partial charge is 0.481 e. The quantitative estimate of drug-likeness (QED) is 0.689. The molecule has 0 spiro atoms. The topological polar surface area (TPSA) is 67.8 Å². The van der Waals surface area contributed by atoms with E-state index in [1.807, 2.05) is 6.92 Å². The van der Waals surface area contributed by atoms with E-state index in [-0.39, 0.29) is 18.2 Å². The molecular weight excluding hydrogens is 184 g/mol. The van der Waals surface area contributed by atoms with Gasteiger partial charge in [-0.15, -0.1) is 4.91 Å². The van der Waals surface area contributed by atoms with Gasteiger partial charge < -0.3 is 10.1 Å². The third kappa shape index (κ3) is 1.32. The number of fused-ring (bicyclic) bond motifs is 1. The van der Waals surface area contributed by atoms with Crippen LogP contribution in [0.5, 0.6) is 5.75 Å². The van der Waals surface area contributed by atoms with Crippen LogP contribution in [0.2, 0.25) is 0 Å². The van der Waals surface area contributed by atoms with Gasteiger partial charge in [0, 0.05) is 0 Å². The summed E-state index contributed by atoms with van der Waals surface area (Å²) in [6.07, 6.45) is 0. The van der Waals surface area contributed by atoms with Gasteiger partial charge in [-0.25, -0.2) is 0 Å². The second-order valence-electron chi connectivity index (χ2n) is 3.09. The van der Waals surface area contributed by atoms with Crippen LogP contribution in [-0.2, 0) is 4.79 Å². The molecule has 1 aliphatic heterocycles. The second-order valence-corrected chi connectivity index (χ2v) is 3.09. The Morgan fingerprint density at radius 3 is 3.00 bits per heavy atom. The summed E-state index contributed by atoms with van der Waals surface area (Å²) >= 11 is 0. The maximum absolute atomic E-state index is 11.0. The number of anilines is 1. The highest BCUT2D eigenvalue weighted by atomic mass is 16.5. The zero-order valence-electron chi connectivity index (χ0n) is 7.53. The van der Waals surface area contributed by atoms with E-state index >= 15 is 0 Å². The lowest BCUT2D eigenvalue weighted by atomic mass is 10.1. The molecule has 0 bridgehead atoms. The number of nitroso groups, excluding NO2 is 1. The molecule has 1 aromatic rings. The van der Waals surface area contributed by atoms with Crippen molar-refractivity contribution in [3.05, 3.63) is 22.6 Å². The Hall–Kier alpha value is -1.91. The maximum atomic E-state index is 11.0. The van der Waals surface area contributed by atoms with Gasteiger partial charge in [-0.3, -0.25) is 4.79 Å². The lowest BCUT2D eigenvalue weighted by Crippen LogP contribution is -2.25. The summed E-state index contributed by atoms with van der Waals surface area (Å²) in [4.78, 5) is 21.5. The minimum Gasteiger partial charge on any atom is -0.481 e. The van der Waals surface area contributed by atoms with Crippen LogP contribution in [0.4, 0.5) is 11.4 Å². The van der Waals surface area contributed by atoms with Crippen molar-refractivity contribution in [2.75, 3.05) is 11.9 Å². The van der Waals surface area contributed by atoms with Crippen molar-refractivity contribution in [2.24, 2.45) is 5.18 Å². The van der Waals surface area contributed by atoms with Crippen molar-refractivity contribution >= 4 is 17.3 Å². The van der Waals surface area contributed by atoms with E-state index in [0.29, 0.717) is 11.4 Å². The van der Waals surface area contributed by atoms with Crippen molar-refractivity contribution in [3.63, 3.8) is 0 Å². The number of nitrogens with one attached hydrogen (secondary N) is 1. The van der Waals surface area contributed by atoms with Gasteiger partial charge in [-0.05, 0) is 29.8 Å². The van der Waals surface area contributed by atoms with Crippen LogP contribution >= 0.6 is 0 Å². The minimum absolute atomic E-state index is 0.0191. The van der Waals surface area contributed by atoms with Crippen molar-refractivity contribution < 1.29 is 9.53 Å². The summed E-state index contributed by atoms with van der Waals surface area (Å²) in [7, 11) is 0. The summed E-state index contributed by atoms with van der Waals surface area (Å²) in [6.45, 7) is 1.81. The molecule has 0 saturated carbocycles. The molecule has 0 radical (unpaired) electrons. The number of hydrogen-bond acceptors (Lipinski definition) is 4. The lowest BCUT2D eigenvalue weighted by molar-refractivity contribution is -0.118. The highest BCUT2D eigenvalue weighted by molar-refractivity contribution is 5.98. The van der Waals surface area contributed by atoms with Crippen molar-refractivity contribution in [1.29, 1.82) is 0 Å². The normalized spacial score (nSPS) is 13.9. The first kappa shape index (κ1) is 8.68. The highest BCUT2D eigenvalue weighted by Crippen LogP contribution is 2.37. The molecule has 0 unspecified atom stereocenters. The van der Waals surface area contributed by atoms with E-state index < -0.39 is 0 Å². The Labute approximate surface area is 80.0 Å². The van der Waals surface area contributed by atoms with Crippen molar-refractivity contribution in [3.8, 4) is 5.75 Å². The van der Waals surface area contributed by atoms with E-state index in [9.17, 15) is 9.70 Å². The summed E-state index contributed by atoms with van der Waals surface area (Å²) in [5, 5.41) is 5.38. The Bertz CT molecular complexity index is 415. The maximum Gasteiger partial charge on any atom is 0.262 e. The molecular formula is C9H8N2O3. The van der Waals surface area contributed by atoms with Gasteiger partial charge in [0.15, 0.2) is 6.61 Å². The molecule has 0 fully saturated rings. The Balaban J connectivity index is 2.57. The number of amides is 1. The summed E-state index contributed by atoms with van der Waals surface area (Å²) in [6, 6.07) is 3.35. The first-order valence-corrected chi connectivity index (χ1v) is 4.11. The minimum atomic E-state index is -0.272. The molecule has 72 valence electrons.